The van der Waals surface area contributed by atoms with Crippen molar-refractivity contribution in [2.24, 2.45) is 7.05 Å². The largest absolute Gasteiger partial charge is 0.270 e. The third-order valence-corrected chi connectivity index (χ3v) is 6.60. The van der Waals surface area contributed by atoms with E-state index in [1.165, 1.54) is 68.4 Å². The number of nitrogens with zero attached hydrogens (tertiary/aromatic N) is 1. The number of rotatable bonds is 5. The van der Waals surface area contributed by atoms with Gasteiger partial charge in [-0.15, -0.1) is 0 Å². The Hall–Kier alpha value is -2.19. The van der Waals surface area contributed by atoms with Crippen LogP contribution in [0.2, 0.25) is 0 Å². The second-order valence-corrected chi connectivity index (χ2v) is 8.23. The van der Waals surface area contributed by atoms with Crippen LogP contribution in [0.15, 0.2) is 54.6 Å². The van der Waals surface area contributed by atoms with Crippen molar-refractivity contribution >= 4 is 31.6 Å². The molecule has 2 aromatic heterocycles. The van der Waals surface area contributed by atoms with Gasteiger partial charge in [0.05, 0.1) is 5.39 Å². The fourth-order valence-corrected chi connectivity index (χ4v) is 4.96. The number of unbranched alkanes of at least 4 members (excludes halogenated alkanes) is 2. The third-order valence-electron chi connectivity index (χ3n) is 5.34. The van der Waals surface area contributed by atoms with Crippen molar-refractivity contribution in [1.29, 1.82) is 0 Å². The molecule has 2 heteroatoms. The van der Waals surface area contributed by atoms with E-state index in [1.54, 1.807) is 0 Å². The zero-order chi connectivity index (χ0) is 18.1. The maximum atomic E-state index is 2.40. The molecular weight excluding hydrogens is 334 g/mol. The molecule has 0 aliphatic carbocycles. The minimum atomic E-state index is 1.18. The number of aryl methyl sites for hydroxylation is 3. The summed E-state index contributed by atoms with van der Waals surface area (Å²) in [6.45, 7) is 4.49. The standard InChI is InChI=1S/C24H26NS/c1-4-5-6-9-18-13-12-17(2)21(16-18)22-15-14-20-19-10-7-8-11-23(19)26-24(20)25(22)3/h7-8,10-16H,4-6,9H2,1-3H3/q+1. The lowest BCUT2D eigenvalue weighted by Gasteiger charge is -2.08. The normalized spacial score (nSPS) is 11.5. The van der Waals surface area contributed by atoms with Crippen molar-refractivity contribution in [2.45, 2.75) is 39.5 Å². The van der Waals surface area contributed by atoms with Gasteiger partial charge in [0.25, 0.3) is 4.83 Å². The second-order valence-electron chi connectivity index (χ2n) is 7.20. The van der Waals surface area contributed by atoms with Crippen LogP contribution in [0, 0.1) is 6.92 Å². The minimum absolute atomic E-state index is 1.18. The fourth-order valence-electron chi connectivity index (χ4n) is 3.80. The topological polar surface area (TPSA) is 3.88 Å². The zero-order valence-corrected chi connectivity index (χ0v) is 16.7. The van der Waals surface area contributed by atoms with Crippen molar-refractivity contribution in [3.05, 3.63) is 65.7 Å². The van der Waals surface area contributed by atoms with Crippen LogP contribution in [0.5, 0.6) is 0 Å². The molecule has 0 saturated heterocycles. The van der Waals surface area contributed by atoms with Gasteiger partial charge in [-0.3, -0.25) is 0 Å². The summed E-state index contributed by atoms with van der Waals surface area (Å²) in [6, 6.07) is 20.3. The molecule has 0 radical (unpaired) electrons. The zero-order valence-electron chi connectivity index (χ0n) is 15.9. The molecule has 0 aliphatic heterocycles. The van der Waals surface area contributed by atoms with E-state index in [-0.39, 0.29) is 0 Å². The Morgan fingerprint density at radius 3 is 2.62 bits per heavy atom. The first kappa shape index (κ1) is 17.2. The summed E-state index contributed by atoms with van der Waals surface area (Å²) in [5, 5.41) is 2.72. The molecule has 0 N–H and O–H groups in total. The summed E-state index contributed by atoms with van der Waals surface area (Å²) < 4.78 is 3.73. The van der Waals surface area contributed by atoms with Gasteiger partial charge in [-0.05, 0) is 49.1 Å². The molecule has 0 fully saturated rings. The van der Waals surface area contributed by atoms with Crippen LogP contribution in [0.4, 0.5) is 0 Å². The Kier molecular flexibility index (Phi) is 4.78. The Labute approximate surface area is 159 Å². The van der Waals surface area contributed by atoms with Gasteiger partial charge in [0.15, 0.2) is 0 Å². The smallest absolute Gasteiger partial charge is 0.185 e. The lowest BCUT2D eigenvalue weighted by atomic mass is 9.98. The van der Waals surface area contributed by atoms with Gasteiger partial charge in [-0.2, -0.15) is 4.57 Å². The first-order valence-corrected chi connectivity index (χ1v) is 10.4. The van der Waals surface area contributed by atoms with E-state index in [0.29, 0.717) is 0 Å². The maximum Gasteiger partial charge on any atom is 0.270 e. The first-order chi connectivity index (χ1) is 12.7. The lowest BCUT2D eigenvalue weighted by molar-refractivity contribution is -0.631. The number of fused-ring (bicyclic) bond motifs is 3. The van der Waals surface area contributed by atoms with Crippen LogP contribution < -0.4 is 4.57 Å². The molecule has 0 bridgehead atoms. The summed E-state index contributed by atoms with van der Waals surface area (Å²) >= 11 is 1.89. The number of aromatic nitrogens is 1. The highest BCUT2D eigenvalue weighted by Crippen LogP contribution is 2.33. The van der Waals surface area contributed by atoms with E-state index in [9.17, 15) is 0 Å². The minimum Gasteiger partial charge on any atom is -0.185 e. The van der Waals surface area contributed by atoms with Gasteiger partial charge in [-0.25, -0.2) is 0 Å². The summed E-state index contributed by atoms with van der Waals surface area (Å²) in [7, 11) is 2.20. The molecule has 26 heavy (non-hydrogen) atoms. The van der Waals surface area contributed by atoms with Gasteiger partial charge < -0.3 is 0 Å². The van der Waals surface area contributed by atoms with Crippen LogP contribution in [-0.4, -0.2) is 0 Å². The van der Waals surface area contributed by atoms with Crippen molar-refractivity contribution in [3.8, 4) is 11.3 Å². The van der Waals surface area contributed by atoms with Crippen molar-refractivity contribution < 1.29 is 4.57 Å². The molecule has 1 nitrogen and oxygen atoms in total. The predicted octanol–water partition coefficient (Wildman–Crippen LogP) is 6.59. The molecule has 4 rings (SSSR count). The lowest BCUT2D eigenvalue weighted by Crippen LogP contribution is -2.31. The quantitative estimate of drug-likeness (QED) is 0.279. The Morgan fingerprint density at radius 1 is 0.923 bits per heavy atom. The van der Waals surface area contributed by atoms with Crippen molar-refractivity contribution in [1.82, 2.24) is 0 Å². The van der Waals surface area contributed by atoms with E-state index in [4.69, 9.17) is 0 Å². The van der Waals surface area contributed by atoms with E-state index < -0.39 is 0 Å². The Bertz CT molecular complexity index is 1070. The van der Waals surface area contributed by atoms with Gasteiger partial charge in [0.1, 0.15) is 7.05 Å². The van der Waals surface area contributed by atoms with Crippen LogP contribution in [0.3, 0.4) is 0 Å². The van der Waals surface area contributed by atoms with Crippen LogP contribution in [0.1, 0.15) is 37.3 Å². The number of thiophene rings is 1. The Balaban J connectivity index is 1.82. The molecule has 4 aromatic rings. The third kappa shape index (κ3) is 3.03. The average molecular weight is 361 g/mol. The molecule has 2 aromatic carbocycles. The van der Waals surface area contributed by atoms with Gasteiger partial charge in [0.2, 0.25) is 5.69 Å². The van der Waals surface area contributed by atoms with E-state index in [2.05, 4.69) is 80.1 Å². The molecule has 0 spiro atoms. The highest BCUT2D eigenvalue weighted by molar-refractivity contribution is 7.25. The summed E-state index contributed by atoms with van der Waals surface area (Å²) in [6.07, 6.45) is 5.04. The van der Waals surface area contributed by atoms with Gasteiger partial charge >= 0.3 is 0 Å². The SMILES string of the molecule is CCCCCc1ccc(C)c(-c2ccc3c4ccccc4sc3[n+]2C)c1. The van der Waals surface area contributed by atoms with E-state index in [0.717, 1.165) is 0 Å². The molecule has 132 valence electrons. The molecule has 2 heterocycles. The number of hydrogen-bond acceptors (Lipinski definition) is 1. The van der Waals surface area contributed by atoms with Crippen molar-refractivity contribution in [3.63, 3.8) is 0 Å². The van der Waals surface area contributed by atoms with Gasteiger partial charge in [-0.1, -0.05) is 61.4 Å². The average Bonchev–Trinajstić information content (AvgIpc) is 3.04. The van der Waals surface area contributed by atoms with E-state index >= 15 is 0 Å². The molecule has 0 unspecified atom stereocenters. The van der Waals surface area contributed by atoms with Crippen LogP contribution in [-0.2, 0) is 13.5 Å². The molecule has 0 atom stereocenters. The second kappa shape index (κ2) is 7.20. The number of benzene rings is 2. The van der Waals surface area contributed by atoms with E-state index in [1.807, 2.05) is 11.3 Å². The van der Waals surface area contributed by atoms with Gasteiger partial charge in [0, 0.05) is 21.7 Å². The van der Waals surface area contributed by atoms with Crippen molar-refractivity contribution in [2.75, 3.05) is 0 Å². The highest BCUT2D eigenvalue weighted by Gasteiger charge is 2.19. The maximum absolute atomic E-state index is 2.40. The summed E-state index contributed by atoms with van der Waals surface area (Å²) in [5.74, 6) is 0. The first-order valence-electron chi connectivity index (χ1n) is 9.59. The highest BCUT2D eigenvalue weighted by atomic mass is 32.1. The predicted molar refractivity (Wildman–Crippen MR) is 114 cm³/mol. The molecule has 0 aliphatic rings. The van der Waals surface area contributed by atoms with Crippen LogP contribution in [0.25, 0.3) is 31.6 Å². The summed E-state index contributed by atoms with van der Waals surface area (Å²) in [5.41, 5.74) is 5.47. The summed E-state index contributed by atoms with van der Waals surface area (Å²) in [4.78, 5) is 1.35. The number of hydrogen-bond donors (Lipinski definition) is 0. The number of pyridine rings is 1. The molecular formula is C24H26NS+. The Morgan fingerprint density at radius 2 is 1.77 bits per heavy atom. The monoisotopic (exact) mass is 360 g/mol. The molecule has 0 saturated carbocycles. The van der Waals surface area contributed by atoms with Crippen LogP contribution >= 0.6 is 11.3 Å². The molecule has 0 amide bonds. The fraction of sp³-hybridized carbons (Fsp3) is 0.292.